The fourth-order valence-electron chi connectivity index (χ4n) is 3.25. The molecule has 0 spiro atoms. The van der Waals surface area contributed by atoms with Crippen LogP contribution in [-0.4, -0.2) is 65.7 Å². The van der Waals surface area contributed by atoms with Crippen LogP contribution in [0.2, 0.25) is 0 Å². The van der Waals surface area contributed by atoms with Crippen molar-refractivity contribution >= 4 is 12.0 Å². The lowest BCUT2D eigenvalue weighted by Crippen LogP contribution is -2.53. The van der Waals surface area contributed by atoms with E-state index in [1.54, 1.807) is 0 Å². The molecule has 2 heterocycles. The van der Waals surface area contributed by atoms with Gasteiger partial charge in [-0.1, -0.05) is 13.8 Å². The summed E-state index contributed by atoms with van der Waals surface area (Å²) in [6.45, 7) is 7.80. The molecule has 6 nitrogen and oxygen atoms in total. The highest BCUT2D eigenvalue weighted by molar-refractivity contribution is 5.78. The van der Waals surface area contributed by atoms with Gasteiger partial charge in [0.05, 0.1) is 0 Å². The molecular weight excluding hydrogens is 270 g/mol. The smallest absolute Gasteiger partial charge is 0.407 e. The number of hydrogen-bond acceptors (Lipinski definition) is 3. The zero-order valence-corrected chi connectivity index (χ0v) is 13.0. The molecule has 0 saturated carbocycles. The number of nitrogens with one attached hydrogen (secondary N) is 1. The molecule has 0 unspecified atom stereocenters. The fraction of sp³-hybridized carbons (Fsp3) is 0.867. The largest absolute Gasteiger partial charge is 0.465 e. The Hall–Kier alpha value is -1.30. The third-order valence-electron chi connectivity index (χ3n) is 4.27. The Kier molecular flexibility index (Phi) is 5.45. The molecule has 0 bridgehead atoms. The fourth-order valence-corrected chi connectivity index (χ4v) is 3.25. The number of carboxylic acid groups (broad SMARTS) is 1. The van der Waals surface area contributed by atoms with E-state index >= 15 is 0 Å². The maximum atomic E-state index is 11.7. The standard InChI is InChI=1S/C15H27N3O3/c1-11(2)7-16-13-6-12(9-18(10-13)15(20)21)8-17-5-3-4-14(17)19/h11-13,16H,3-10H2,1-2H3,(H,20,21)/t12-,13-/m0/s1. The first kappa shape index (κ1) is 16.1. The first-order chi connectivity index (χ1) is 9.95. The molecule has 2 amide bonds. The van der Waals surface area contributed by atoms with Gasteiger partial charge in [-0.15, -0.1) is 0 Å². The molecule has 2 atom stereocenters. The Bertz CT molecular complexity index is 386. The highest BCUT2D eigenvalue weighted by atomic mass is 16.4. The van der Waals surface area contributed by atoms with Crippen LogP contribution in [0.3, 0.4) is 0 Å². The van der Waals surface area contributed by atoms with Gasteiger partial charge in [-0.3, -0.25) is 4.79 Å². The summed E-state index contributed by atoms with van der Waals surface area (Å²) in [5.41, 5.74) is 0. The average Bonchev–Trinajstić information content (AvgIpc) is 2.81. The number of piperidine rings is 1. The second-order valence-corrected chi connectivity index (χ2v) is 6.73. The Morgan fingerprint density at radius 3 is 2.76 bits per heavy atom. The van der Waals surface area contributed by atoms with Crippen LogP contribution in [-0.2, 0) is 4.79 Å². The summed E-state index contributed by atoms with van der Waals surface area (Å²) in [5, 5.41) is 12.7. The van der Waals surface area contributed by atoms with E-state index in [0.717, 1.165) is 25.9 Å². The Balaban J connectivity index is 1.92. The lowest BCUT2D eigenvalue weighted by atomic mass is 9.93. The summed E-state index contributed by atoms with van der Waals surface area (Å²) in [5.74, 6) is 1.000. The van der Waals surface area contributed by atoms with Gasteiger partial charge in [0.15, 0.2) is 0 Å². The van der Waals surface area contributed by atoms with E-state index in [1.165, 1.54) is 4.90 Å². The third-order valence-corrected chi connectivity index (χ3v) is 4.27. The Morgan fingerprint density at radius 2 is 2.19 bits per heavy atom. The summed E-state index contributed by atoms with van der Waals surface area (Å²) in [7, 11) is 0. The highest BCUT2D eigenvalue weighted by Crippen LogP contribution is 2.21. The molecular formula is C15H27N3O3. The van der Waals surface area contributed by atoms with E-state index in [0.29, 0.717) is 32.0 Å². The van der Waals surface area contributed by atoms with Gasteiger partial charge in [-0.05, 0) is 31.2 Å². The molecule has 6 heteroatoms. The van der Waals surface area contributed by atoms with E-state index in [2.05, 4.69) is 19.2 Å². The van der Waals surface area contributed by atoms with Gasteiger partial charge < -0.3 is 20.2 Å². The van der Waals surface area contributed by atoms with Gasteiger partial charge in [0, 0.05) is 38.6 Å². The minimum absolute atomic E-state index is 0.194. The first-order valence-electron chi connectivity index (χ1n) is 7.94. The quantitative estimate of drug-likeness (QED) is 0.800. The molecule has 2 aliphatic rings. The lowest BCUT2D eigenvalue weighted by Gasteiger charge is -2.38. The van der Waals surface area contributed by atoms with Crippen LogP contribution >= 0.6 is 0 Å². The molecule has 2 aliphatic heterocycles. The predicted octanol–water partition coefficient (Wildman–Crippen LogP) is 1.22. The monoisotopic (exact) mass is 297 g/mol. The van der Waals surface area contributed by atoms with Crippen molar-refractivity contribution in [2.75, 3.05) is 32.7 Å². The van der Waals surface area contributed by atoms with Crippen LogP contribution in [0.5, 0.6) is 0 Å². The SMILES string of the molecule is CC(C)CN[C@H]1C[C@@H](CN2CCCC2=O)CN(C(=O)O)C1. The van der Waals surface area contributed by atoms with Crippen molar-refractivity contribution in [1.82, 2.24) is 15.1 Å². The number of amides is 2. The van der Waals surface area contributed by atoms with E-state index in [4.69, 9.17) is 0 Å². The van der Waals surface area contributed by atoms with Crippen LogP contribution in [0, 0.1) is 11.8 Å². The van der Waals surface area contributed by atoms with Gasteiger partial charge in [0.25, 0.3) is 0 Å². The summed E-state index contributed by atoms with van der Waals surface area (Å²) < 4.78 is 0. The zero-order chi connectivity index (χ0) is 15.4. The normalized spacial score (nSPS) is 26.7. The minimum Gasteiger partial charge on any atom is -0.465 e. The molecule has 0 aliphatic carbocycles. The molecule has 2 rings (SSSR count). The van der Waals surface area contributed by atoms with Crippen molar-refractivity contribution < 1.29 is 14.7 Å². The van der Waals surface area contributed by atoms with Crippen LogP contribution in [0.1, 0.15) is 33.1 Å². The van der Waals surface area contributed by atoms with Gasteiger partial charge >= 0.3 is 6.09 Å². The molecule has 21 heavy (non-hydrogen) atoms. The molecule has 0 radical (unpaired) electrons. The highest BCUT2D eigenvalue weighted by Gasteiger charge is 2.32. The summed E-state index contributed by atoms with van der Waals surface area (Å²) in [6, 6.07) is 0.194. The van der Waals surface area contributed by atoms with Gasteiger partial charge in [-0.2, -0.15) is 0 Å². The molecule has 2 fully saturated rings. The topological polar surface area (TPSA) is 72.9 Å². The Morgan fingerprint density at radius 1 is 1.43 bits per heavy atom. The van der Waals surface area contributed by atoms with E-state index in [1.807, 2.05) is 4.90 Å². The van der Waals surface area contributed by atoms with Crippen LogP contribution in [0.25, 0.3) is 0 Å². The van der Waals surface area contributed by atoms with E-state index < -0.39 is 6.09 Å². The van der Waals surface area contributed by atoms with Gasteiger partial charge in [-0.25, -0.2) is 4.79 Å². The number of carbonyl (C=O) groups excluding carboxylic acids is 1. The number of carbonyl (C=O) groups is 2. The van der Waals surface area contributed by atoms with E-state index in [-0.39, 0.29) is 17.9 Å². The predicted molar refractivity (Wildman–Crippen MR) is 80.1 cm³/mol. The summed E-state index contributed by atoms with van der Waals surface area (Å²) in [4.78, 5) is 26.4. The molecule has 120 valence electrons. The maximum Gasteiger partial charge on any atom is 0.407 e. The second kappa shape index (κ2) is 7.11. The van der Waals surface area contributed by atoms with Crippen molar-refractivity contribution in [2.24, 2.45) is 11.8 Å². The average molecular weight is 297 g/mol. The van der Waals surface area contributed by atoms with E-state index in [9.17, 15) is 14.7 Å². The lowest BCUT2D eigenvalue weighted by molar-refractivity contribution is -0.128. The first-order valence-corrected chi connectivity index (χ1v) is 7.94. The van der Waals surface area contributed by atoms with Crippen molar-refractivity contribution in [3.8, 4) is 0 Å². The van der Waals surface area contributed by atoms with Crippen LogP contribution in [0.15, 0.2) is 0 Å². The third kappa shape index (κ3) is 4.59. The minimum atomic E-state index is -0.858. The Labute approximate surface area is 126 Å². The number of hydrogen-bond donors (Lipinski definition) is 2. The van der Waals surface area contributed by atoms with Crippen molar-refractivity contribution in [1.29, 1.82) is 0 Å². The number of nitrogens with zero attached hydrogens (tertiary/aromatic N) is 2. The van der Waals surface area contributed by atoms with Crippen LogP contribution in [0.4, 0.5) is 4.79 Å². The second-order valence-electron chi connectivity index (χ2n) is 6.73. The van der Waals surface area contributed by atoms with Gasteiger partial charge in [0.1, 0.15) is 0 Å². The zero-order valence-electron chi connectivity index (χ0n) is 13.0. The maximum absolute atomic E-state index is 11.7. The van der Waals surface area contributed by atoms with Gasteiger partial charge in [0.2, 0.25) is 5.91 Å². The van der Waals surface area contributed by atoms with Crippen molar-refractivity contribution in [3.05, 3.63) is 0 Å². The molecule has 0 aromatic carbocycles. The molecule has 2 saturated heterocycles. The number of rotatable bonds is 5. The van der Waals surface area contributed by atoms with Crippen molar-refractivity contribution in [2.45, 2.75) is 39.2 Å². The molecule has 0 aromatic heterocycles. The van der Waals surface area contributed by atoms with Crippen molar-refractivity contribution in [3.63, 3.8) is 0 Å². The van der Waals surface area contributed by atoms with Crippen LogP contribution < -0.4 is 5.32 Å². The summed E-state index contributed by atoms with van der Waals surface area (Å²) >= 11 is 0. The number of likely N-dealkylation sites (tertiary alicyclic amines) is 2. The molecule has 0 aromatic rings. The summed E-state index contributed by atoms with van der Waals surface area (Å²) in [6.07, 6.45) is 1.66. The molecule has 2 N–H and O–H groups in total.